The summed E-state index contributed by atoms with van der Waals surface area (Å²) in [4.78, 5) is 17.0. The van der Waals surface area contributed by atoms with Crippen LogP contribution in [0.1, 0.15) is 20.8 Å². The Hall–Kier alpha value is -2.37. The van der Waals surface area contributed by atoms with Crippen LogP contribution < -0.4 is 10.6 Å². The predicted octanol–water partition coefficient (Wildman–Crippen LogP) is 5.41. The van der Waals surface area contributed by atoms with Gasteiger partial charge in [0.25, 0.3) is 5.91 Å². The molecular weight excluding hydrogens is 342 g/mol. The number of thiophene rings is 1. The van der Waals surface area contributed by atoms with Gasteiger partial charge in [0, 0.05) is 0 Å². The van der Waals surface area contributed by atoms with E-state index in [1.54, 1.807) is 24.4 Å². The van der Waals surface area contributed by atoms with E-state index < -0.39 is 0 Å². The minimum Gasteiger partial charge on any atom is -0.339 e. The number of nitrogens with one attached hydrogen (secondary N) is 2. The normalized spacial score (nSPS) is 10.5. The second kappa shape index (κ2) is 7.03. The molecule has 4 nitrogen and oxygen atoms in total. The summed E-state index contributed by atoms with van der Waals surface area (Å²) in [5.41, 5.74) is 3.65. The first kappa shape index (κ1) is 16.5. The Bertz CT molecular complexity index is 837. The molecule has 3 aromatic rings. The highest BCUT2D eigenvalue weighted by atomic mass is 35.5. The zero-order chi connectivity index (χ0) is 17.1. The van der Waals surface area contributed by atoms with Crippen LogP contribution in [0.3, 0.4) is 0 Å². The Morgan fingerprint density at radius 1 is 1.21 bits per heavy atom. The number of carbonyl (C=O) groups is 1. The number of aromatic nitrogens is 1. The number of hydrogen-bond donors (Lipinski definition) is 2. The molecule has 2 N–H and O–H groups in total. The van der Waals surface area contributed by atoms with Crippen molar-refractivity contribution >= 4 is 46.0 Å². The van der Waals surface area contributed by atoms with Crippen LogP contribution >= 0.6 is 22.9 Å². The van der Waals surface area contributed by atoms with Crippen molar-refractivity contribution in [2.75, 3.05) is 10.6 Å². The van der Waals surface area contributed by atoms with Crippen LogP contribution in [0.2, 0.25) is 5.02 Å². The van der Waals surface area contributed by atoms with Crippen LogP contribution in [0.4, 0.5) is 17.2 Å². The molecule has 0 atom stereocenters. The Balaban J connectivity index is 1.72. The molecule has 1 amide bonds. The summed E-state index contributed by atoms with van der Waals surface area (Å²) in [6.45, 7) is 4.00. The molecule has 0 aliphatic heterocycles. The van der Waals surface area contributed by atoms with E-state index in [0.717, 1.165) is 16.8 Å². The SMILES string of the molecule is Cc1cc(C)c(Nc2ccc(NC(=O)c3cccs3)cn2)c(Cl)c1. The fraction of sp³-hybridized carbons (Fsp3) is 0.111. The molecule has 24 heavy (non-hydrogen) atoms. The van der Waals surface area contributed by atoms with Gasteiger partial charge in [-0.1, -0.05) is 23.7 Å². The Kier molecular flexibility index (Phi) is 4.83. The third-order valence-electron chi connectivity index (χ3n) is 3.45. The molecule has 2 aromatic heterocycles. The van der Waals surface area contributed by atoms with E-state index in [0.29, 0.717) is 21.4 Å². The molecule has 1 aromatic carbocycles. The third kappa shape index (κ3) is 3.75. The molecule has 6 heteroatoms. The molecule has 3 rings (SSSR count). The van der Waals surface area contributed by atoms with E-state index in [2.05, 4.69) is 21.7 Å². The van der Waals surface area contributed by atoms with Gasteiger partial charge >= 0.3 is 0 Å². The highest BCUT2D eigenvalue weighted by Crippen LogP contribution is 2.29. The van der Waals surface area contributed by atoms with Gasteiger partial charge in [-0.15, -0.1) is 11.3 Å². The number of rotatable bonds is 4. The minimum atomic E-state index is -0.134. The Labute approximate surface area is 149 Å². The van der Waals surface area contributed by atoms with Crippen LogP contribution in [0, 0.1) is 13.8 Å². The predicted molar refractivity (Wildman–Crippen MR) is 101 cm³/mol. The largest absolute Gasteiger partial charge is 0.339 e. The van der Waals surface area contributed by atoms with Crippen molar-refractivity contribution in [2.45, 2.75) is 13.8 Å². The topological polar surface area (TPSA) is 54.0 Å². The van der Waals surface area contributed by atoms with E-state index in [4.69, 9.17) is 11.6 Å². The smallest absolute Gasteiger partial charge is 0.265 e. The van der Waals surface area contributed by atoms with Crippen molar-refractivity contribution in [2.24, 2.45) is 0 Å². The number of carbonyl (C=O) groups excluding carboxylic acids is 1. The molecule has 0 unspecified atom stereocenters. The van der Waals surface area contributed by atoms with Crippen LogP contribution in [-0.2, 0) is 0 Å². The molecule has 0 saturated heterocycles. The summed E-state index contributed by atoms with van der Waals surface area (Å²) in [5, 5.41) is 8.57. The molecule has 0 bridgehead atoms. The van der Waals surface area contributed by atoms with E-state index >= 15 is 0 Å². The number of halogens is 1. The standard InChI is InChI=1S/C18H16ClN3OS/c1-11-8-12(2)17(14(19)9-11)22-16-6-5-13(10-20-16)21-18(23)15-4-3-7-24-15/h3-10H,1-2H3,(H,20,22)(H,21,23). The monoisotopic (exact) mass is 357 g/mol. The maximum absolute atomic E-state index is 12.0. The van der Waals surface area contributed by atoms with Crippen molar-refractivity contribution in [3.05, 3.63) is 69.0 Å². The van der Waals surface area contributed by atoms with Crippen molar-refractivity contribution < 1.29 is 4.79 Å². The summed E-state index contributed by atoms with van der Waals surface area (Å²) in [6, 6.07) is 11.2. The van der Waals surface area contributed by atoms with Gasteiger partial charge in [-0.25, -0.2) is 4.98 Å². The first-order chi connectivity index (χ1) is 11.5. The maximum atomic E-state index is 12.0. The van der Waals surface area contributed by atoms with Gasteiger partial charge in [0.15, 0.2) is 0 Å². The summed E-state index contributed by atoms with van der Waals surface area (Å²) >= 11 is 7.70. The van der Waals surface area contributed by atoms with E-state index in [1.165, 1.54) is 11.3 Å². The highest BCUT2D eigenvalue weighted by molar-refractivity contribution is 7.12. The van der Waals surface area contributed by atoms with Crippen molar-refractivity contribution in [1.29, 1.82) is 0 Å². The van der Waals surface area contributed by atoms with Crippen LogP contribution in [0.25, 0.3) is 0 Å². The van der Waals surface area contributed by atoms with Gasteiger partial charge in [0.2, 0.25) is 0 Å². The number of aryl methyl sites for hydroxylation is 2. The summed E-state index contributed by atoms with van der Waals surface area (Å²) in [5.74, 6) is 0.530. The van der Waals surface area contributed by atoms with Crippen molar-refractivity contribution in [3.63, 3.8) is 0 Å². The molecule has 2 heterocycles. The Morgan fingerprint density at radius 2 is 2.04 bits per heavy atom. The fourth-order valence-corrected chi connectivity index (χ4v) is 3.33. The number of pyridine rings is 1. The van der Waals surface area contributed by atoms with Crippen LogP contribution in [-0.4, -0.2) is 10.9 Å². The van der Waals surface area contributed by atoms with Gasteiger partial charge in [0.05, 0.1) is 27.5 Å². The van der Waals surface area contributed by atoms with Gasteiger partial charge < -0.3 is 10.6 Å². The molecule has 0 spiro atoms. The van der Waals surface area contributed by atoms with Crippen LogP contribution in [0.5, 0.6) is 0 Å². The second-order valence-electron chi connectivity index (χ2n) is 5.43. The average molecular weight is 358 g/mol. The summed E-state index contributed by atoms with van der Waals surface area (Å²) < 4.78 is 0. The molecule has 0 fully saturated rings. The van der Waals surface area contributed by atoms with Gasteiger partial charge in [-0.3, -0.25) is 4.79 Å². The molecular formula is C18H16ClN3OS. The van der Waals surface area contributed by atoms with Crippen molar-refractivity contribution in [1.82, 2.24) is 4.98 Å². The van der Waals surface area contributed by atoms with E-state index in [1.807, 2.05) is 31.4 Å². The summed E-state index contributed by atoms with van der Waals surface area (Å²) in [7, 11) is 0. The Morgan fingerprint density at radius 3 is 2.67 bits per heavy atom. The molecule has 0 aliphatic carbocycles. The van der Waals surface area contributed by atoms with Gasteiger partial charge in [0.1, 0.15) is 5.82 Å². The zero-order valence-corrected chi connectivity index (χ0v) is 14.8. The number of hydrogen-bond acceptors (Lipinski definition) is 4. The quantitative estimate of drug-likeness (QED) is 0.656. The summed E-state index contributed by atoms with van der Waals surface area (Å²) in [6.07, 6.45) is 1.62. The van der Waals surface area contributed by atoms with Gasteiger partial charge in [-0.2, -0.15) is 0 Å². The number of benzene rings is 1. The average Bonchev–Trinajstić information content (AvgIpc) is 3.07. The number of anilines is 3. The second-order valence-corrected chi connectivity index (χ2v) is 6.78. The van der Waals surface area contributed by atoms with Crippen molar-refractivity contribution in [3.8, 4) is 0 Å². The third-order valence-corrected chi connectivity index (χ3v) is 4.62. The molecule has 122 valence electrons. The lowest BCUT2D eigenvalue weighted by atomic mass is 10.1. The van der Waals surface area contributed by atoms with E-state index in [9.17, 15) is 4.79 Å². The molecule has 0 aliphatic rings. The van der Waals surface area contributed by atoms with Gasteiger partial charge in [-0.05, 0) is 54.6 Å². The first-order valence-corrected chi connectivity index (χ1v) is 8.63. The zero-order valence-electron chi connectivity index (χ0n) is 13.3. The lowest BCUT2D eigenvalue weighted by Crippen LogP contribution is -2.10. The number of amides is 1. The van der Waals surface area contributed by atoms with Crippen LogP contribution in [0.15, 0.2) is 48.0 Å². The number of nitrogens with zero attached hydrogens (tertiary/aromatic N) is 1. The lowest BCUT2D eigenvalue weighted by molar-refractivity contribution is 0.103. The lowest BCUT2D eigenvalue weighted by Gasteiger charge is -2.12. The first-order valence-electron chi connectivity index (χ1n) is 7.37. The maximum Gasteiger partial charge on any atom is 0.265 e. The van der Waals surface area contributed by atoms with E-state index in [-0.39, 0.29) is 5.91 Å². The molecule has 0 saturated carbocycles. The molecule has 0 radical (unpaired) electrons. The fourth-order valence-electron chi connectivity index (χ4n) is 2.34. The highest BCUT2D eigenvalue weighted by Gasteiger charge is 2.09. The minimum absolute atomic E-state index is 0.134.